The summed E-state index contributed by atoms with van der Waals surface area (Å²) in [6.45, 7) is 8.02. The van der Waals surface area contributed by atoms with Gasteiger partial charge in [-0.2, -0.15) is 0 Å². The quantitative estimate of drug-likeness (QED) is 0.293. The number of hydrogen-bond donors (Lipinski definition) is 0. The number of esters is 2. The Kier molecular flexibility index (Phi) is 9.32. The average molecular weight is 424 g/mol. The minimum absolute atomic E-state index is 0.155. The highest BCUT2D eigenvalue weighted by molar-refractivity contribution is 5.81. The van der Waals surface area contributed by atoms with Crippen LogP contribution in [-0.4, -0.2) is 39.5 Å². The van der Waals surface area contributed by atoms with Crippen LogP contribution in [0.15, 0.2) is 73.8 Å². The standard InChI is InChI=1S/C24H28N2O5/c1-5-23(27)30-17-25(3)21-11-7-19(8-12-21)15-29-16-20-9-13-22(14-10-20)26(4)18-31-24(28)6-2/h5-14H,1-2,15-18H2,3-4H3. The lowest BCUT2D eigenvalue weighted by molar-refractivity contribution is -0.138. The molecule has 0 fully saturated rings. The lowest BCUT2D eigenvalue weighted by Gasteiger charge is -2.19. The average Bonchev–Trinajstić information content (AvgIpc) is 2.81. The van der Waals surface area contributed by atoms with Gasteiger partial charge in [0.15, 0.2) is 13.5 Å². The third-order valence-corrected chi connectivity index (χ3v) is 4.43. The predicted octanol–water partition coefficient (Wildman–Crippen LogP) is 3.65. The van der Waals surface area contributed by atoms with E-state index in [-0.39, 0.29) is 13.5 Å². The number of anilines is 2. The van der Waals surface area contributed by atoms with E-state index in [1.165, 1.54) is 0 Å². The minimum Gasteiger partial charge on any atom is -0.441 e. The molecule has 0 radical (unpaired) electrons. The zero-order valence-corrected chi connectivity index (χ0v) is 18.0. The number of benzene rings is 2. The van der Waals surface area contributed by atoms with E-state index in [2.05, 4.69) is 13.2 Å². The zero-order valence-electron chi connectivity index (χ0n) is 18.0. The van der Waals surface area contributed by atoms with Gasteiger partial charge in [0.25, 0.3) is 0 Å². The Morgan fingerprint density at radius 2 is 1.10 bits per heavy atom. The molecule has 7 heteroatoms. The van der Waals surface area contributed by atoms with E-state index >= 15 is 0 Å². The molecule has 0 saturated carbocycles. The molecule has 0 N–H and O–H groups in total. The van der Waals surface area contributed by atoms with E-state index in [1.807, 2.05) is 72.4 Å². The molecular formula is C24H28N2O5. The number of carbonyl (C=O) groups is 2. The third kappa shape index (κ3) is 7.98. The Morgan fingerprint density at radius 3 is 1.42 bits per heavy atom. The molecule has 2 aromatic rings. The van der Waals surface area contributed by atoms with Crippen LogP contribution in [0.5, 0.6) is 0 Å². The highest BCUT2D eigenvalue weighted by atomic mass is 16.5. The second-order valence-electron chi connectivity index (χ2n) is 6.81. The molecule has 2 rings (SSSR count). The summed E-state index contributed by atoms with van der Waals surface area (Å²) in [6, 6.07) is 15.7. The lowest BCUT2D eigenvalue weighted by Crippen LogP contribution is -2.22. The summed E-state index contributed by atoms with van der Waals surface area (Å²) in [4.78, 5) is 25.9. The highest BCUT2D eigenvalue weighted by Gasteiger charge is 2.05. The van der Waals surface area contributed by atoms with Crippen LogP contribution in [0.4, 0.5) is 11.4 Å². The summed E-state index contributed by atoms with van der Waals surface area (Å²) in [6.07, 6.45) is 2.28. The van der Waals surface area contributed by atoms with Gasteiger partial charge in [0.1, 0.15) is 0 Å². The molecule has 0 aliphatic carbocycles. The number of nitrogens with zero attached hydrogens (tertiary/aromatic N) is 2. The maximum Gasteiger partial charge on any atom is 0.331 e. The molecule has 0 aliphatic rings. The molecule has 0 atom stereocenters. The molecule has 164 valence electrons. The number of rotatable bonds is 12. The maximum absolute atomic E-state index is 11.1. The van der Waals surface area contributed by atoms with Gasteiger partial charge < -0.3 is 24.0 Å². The fourth-order valence-corrected chi connectivity index (χ4v) is 2.57. The summed E-state index contributed by atoms with van der Waals surface area (Å²) in [5, 5.41) is 0. The van der Waals surface area contributed by atoms with Gasteiger partial charge >= 0.3 is 11.9 Å². The summed E-state index contributed by atoms with van der Waals surface area (Å²) in [5.74, 6) is -0.902. The van der Waals surface area contributed by atoms with E-state index in [4.69, 9.17) is 14.2 Å². The van der Waals surface area contributed by atoms with E-state index in [1.54, 1.807) is 0 Å². The minimum atomic E-state index is -0.451. The van der Waals surface area contributed by atoms with E-state index in [9.17, 15) is 9.59 Å². The van der Waals surface area contributed by atoms with Crippen molar-refractivity contribution >= 4 is 23.3 Å². The summed E-state index contributed by atoms with van der Waals surface area (Å²) in [5.41, 5.74) is 3.94. The van der Waals surface area contributed by atoms with Crippen LogP contribution in [0.1, 0.15) is 11.1 Å². The second-order valence-corrected chi connectivity index (χ2v) is 6.81. The van der Waals surface area contributed by atoms with Crippen molar-refractivity contribution in [2.45, 2.75) is 13.2 Å². The zero-order chi connectivity index (χ0) is 22.6. The molecule has 0 saturated heterocycles. The summed E-state index contributed by atoms with van der Waals surface area (Å²) < 4.78 is 15.8. The van der Waals surface area contributed by atoms with Crippen molar-refractivity contribution in [2.75, 3.05) is 37.4 Å². The van der Waals surface area contributed by atoms with Crippen molar-refractivity contribution in [3.8, 4) is 0 Å². The molecule has 7 nitrogen and oxygen atoms in total. The van der Waals surface area contributed by atoms with Crippen LogP contribution in [0.2, 0.25) is 0 Å². The van der Waals surface area contributed by atoms with Gasteiger partial charge in [-0.15, -0.1) is 0 Å². The molecule has 0 unspecified atom stereocenters. The largest absolute Gasteiger partial charge is 0.441 e. The first kappa shape index (κ1) is 23.7. The van der Waals surface area contributed by atoms with Crippen LogP contribution in [-0.2, 0) is 37.0 Å². The first-order chi connectivity index (χ1) is 14.9. The van der Waals surface area contributed by atoms with Gasteiger partial charge in [0.2, 0.25) is 0 Å². The fraction of sp³-hybridized carbons (Fsp3) is 0.250. The lowest BCUT2D eigenvalue weighted by atomic mass is 10.2. The molecule has 0 spiro atoms. The van der Waals surface area contributed by atoms with Crippen molar-refractivity contribution < 1.29 is 23.8 Å². The van der Waals surface area contributed by atoms with Gasteiger partial charge in [-0.3, -0.25) is 0 Å². The summed E-state index contributed by atoms with van der Waals surface area (Å²) in [7, 11) is 3.68. The highest BCUT2D eigenvalue weighted by Crippen LogP contribution is 2.17. The summed E-state index contributed by atoms with van der Waals surface area (Å²) >= 11 is 0. The SMILES string of the molecule is C=CC(=O)OCN(C)c1ccc(COCc2ccc(N(C)COC(=O)C=C)cc2)cc1. The molecular weight excluding hydrogens is 396 g/mol. The molecule has 31 heavy (non-hydrogen) atoms. The number of carbonyl (C=O) groups excluding carboxylic acids is 2. The van der Waals surface area contributed by atoms with E-state index in [0.29, 0.717) is 13.2 Å². The molecule has 0 aromatic heterocycles. The van der Waals surface area contributed by atoms with Gasteiger partial charge in [-0.25, -0.2) is 9.59 Å². The molecule has 0 heterocycles. The van der Waals surface area contributed by atoms with E-state index in [0.717, 1.165) is 34.7 Å². The van der Waals surface area contributed by atoms with Gasteiger partial charge in [-0.1, -0.05) is 37.4 Å². The smallest absolute Gasteiger partial charge is 0.331 e. The van der Waals surface area contributed by atoms with Crippen LogP contribution in [0.25, 0.3) is 0 Å². The Morgan fingerprint density at radius 1 is 0.742 bits per heavy atom. The number of hydrogen-bond acceptors (Lipinski definition) is 7. The van der Waals surface area contributed by atoms with Crippen molar-refractivity contribution in [3.63, 3.8) is 0 Å². The van der Waals surface area contributed by atoms with Crippen molar-refractivity contribution in [1.82, 2.24) is 0 Å². The molecule has 2 aromatic carbocycles. The van der Waals surface area contributed by atoms with Crippen LogP contribution in [0.3, 0.4) is 0 Å². The maximum atomic E-state index is 11.1. The second kappa shape index (κ2) is 12.2. The third-order valence-electron chi connectivity index (χ3n) is 4.43. The Hall–Kier alpha value is -3.58. The fourth-order valence-electron chi connectivity index (χ4n) is 2.57. The van der Waals surface area contributed by atoms with Crippen molar-refractivity contribution in [1.29, 1.82) is 0 Å². The Bertz CT molecular complexity index is 804. The topological polar surface area (TPSA) is 68.3 Å². The van der Waals surface area contributed by atoms with Gasteiger partial charge in [0, 0.05) is 37.6 Å². The molecule has 0 amide bonds. The van der Waals surface area contributed by atoms with Gasteiger partial charge in [-0.05, 0) is 35.4 Å². The van der Waals surface area contributed by atoms with Crippen LogP contribution in [0, 0.1) is 0 Å². The van der Waals surface area contributed by atoms with Crippen molar-refractivity contribution in [2.24, 2.45) is 0 Å². The molecule has 0 aliphatic heterocycles. The molecule has 0 bridgehead atoms. The van der Waals surface area contributed by atoms with Crippen LogP contribution < -0.4 is 9.80 Å². The predicted molar refractivity (Wildman–Crippen MR) is 120 cm³/mol. The first-order valence-electron chi connectivity index (χ1n) is 9.69. The monoisotopic (exact) mass is 424 g/mol. The van der Waals surface area contributed by atoms with Crippen molar-refractivity contribution in [3.05, 3.63) is 85.0 Å². The Balaban J connectivity index is 1.77. The normalized spacial score (nSPS) is 10.1. The number of ether oxygens (including phenoxy) is 3. The first-order valence-corrected chi connectivity index (χ1v) is 9.69. The Labute approximate surface area is 183 Å². The van der Waals surface area contributed by atoms with E-state index < -0.39 is 11.9 Å². The van der Waals surface area contributed by atoms with Gasteiger partial charge in [0.05, 0.1) is 13.2 Å². The van der Waals surface area contributed by atoms with Crippen LogP contribution >= 0.6 is 0 Å².